The highest BCUT2D eigenvalue weighted by atomic mass is 19.1. The van der Waals surface area contributed by atoms with Crippen molar-refractivity contribution in [3.05, 3.63) is 66.0 Å². The molecule has 0 saturated carbocycles. The van der Waals surface area contributed by atoms with Gasteiger partial charge < -0.3 is 10.2 Å². The average Bonchev–Trinajstić information content (AvgIpc) is 3.09. The van der Waals surface area contributed by atoms with E-state index in [0.717, 1.165) is 31.6 Å². The van der Waals surface area contributed by atoms with Crippen LogP contribution in [0, 0.1) is 11.7 Å². The molecule has 0 radical (unpaired) electrons. The maximum atomic E-state index is 13.0. The second kappa shape index (κ2) is 7.95. The molecule has 0 bridgehead atoms. The minimum Gasteiger partial charge on any atom is -0.371 e. The largest absolute Gasteiger partial charge is 0.371 e. The molecule has 1 heterocycles. The minimum absolute atomic E-state index is 0.110. The lowest BCUT2D eigenvalue weighted by molar-refractivity contribution is -0.121. The van der Waals surface area contributed by atoms with E-state index in [2.05, 4.69) is 10.2 Å². The summed E-state index contributed by atoms with van der Waals surface area (Å²) in [5.41, 5.74) is 2.24. The molecule has 0 aromatic heterocycles. The Kier molecular flexibility index (Phi) is 5.47. The van der Waals surface area contributed by atoms with Gasteiger partial charge >= 0.3 is 0 Å². The summed E-state index contributed by atoms with van der Waals surface area (Å²) in [5.74, 6) is 0.356. The van der Waals surface area contributed by atoms with Gasteiger partial charge in [-0.15, -0.1) is 0 Å². The Morgan fingerprint density at radius 3 is 2.62 bits per heavy atom. The van der Waals surface area contributed by atoms with Crippen LogP contribution in [0.2, 0.25) is 0 Å². The van der Waals surface area contributed by atoms with E-state index in [0.29, 0.717) is 18.9 Å². The third-order valence-corrected chi connectivity index (χ3v) is 4.55. The Bertz CT molecular complexity index is 657. The average molecular weight is 326 g/mol. The Hall–Kier alpha value is -2.36. The number of carbonyl (C=O) groups excluding carboxylic acids is 1. The standard InChI is InChI=1S/C20H23FN2O/c21-18-7-9-19(10-8-18)23-13-12-17(15-23)14-22-20(24)11-6-16-4-2-1-3-5-16/h1-5,7-10,17H,6,11-15H2,(H,22,24). The van der Waals surface area contributed by atoms with E-state index in [1.54, 1.807) is 0 Å². The molecule has 1 aliphatic heterocycles. The summed E-state index contributed by atoms with van der Waals surface area (Å²) in [6.45, 7) is 2.58. The molecule has 0 aliphatic carbocycles. The zero-order valence-electron chi connectivity index (χ0n) is 13.7. The highest BCUT2D eigenvalue weighted by molar-refractivity contribution is 5.76. The first-order valence-corrected chi connectivity index (χ1v) is 8.52. The predicted molar refractivity (Wildman–Crippen MR) is 94.5 cm³/mol. The number of halogens is 1. The quantitative estimate of drug-likeness (QED) is 0.882. The fourth-order valence-electron chi connectivity index (χ4n) is 3.13. The molecule has 3 rings (SSSR count). The minimum atomic E-state index is -0.208. The van der Waals surface area contributed by atoms with E-state index >= 15 is 0 Å². The summed E-state index contributed by atoms with van der Waals surface area (Å²) in [7, 11) is 0. The van der Waals surface area contributed by atoms with Crippen molar-refractivity contribution in [3.63, 3.8) is 0 Å². The van der Waals surface area contributed by atoms with Crippen molar-refractivity contribution in [1.82, 2.24) is 5.32 Å². The second-order valence-corrected chi connectivity index (χ2v) is 6.37. The lowest BCUT2D eigenvalue weighted by Crippen LogP contribution is -2.31. The van der Waals surface area contributed by atoms with Crippen molar-refractivity contribution in [1.29, 1.82) is 0 Å². The summed E-state index contributed by atoms with van der Waals surface area (Å²) in [6.07, 6.45) is 2.35. The molecule has 1 amide bonds. The van der Waals surface area contributed by atoms with Gasteiger partial charge in [-0.3, -0.25) is 4.79 Å². The molecule has 24 heavy (non-hydrogen) atoms. The molecule has 4 heteroatoms. The summed E-state index contributed by atoms with van der Waals surface area (Å²) >= 11 is 0. The SMILES string of the molecule is O=C(CCc1ccccc1)NCC1CCN(c2ccc(F)cc2)C1. The number of anilines is 1. The summed E-state index contributed by atoms with van der Waals surface area (Å²) < 4.78 is 13.0. The molecule has 1 aliphatic rings. The molecule has 126 valence electrons. The van der Waals surface area contributed by atoms with E-state index in [1.165, 1.54) is 17.7 Å². The van der Waals surface area contributed by atoms with Crippen LogP contribution >= 0.6 is 0 Å². The first-order chi connectivity index (χ1) is 11.7. The number of aryl methyl sites for hydroxylation is 1. The predicted octanol–water partition coefficient (Wildman–Crippen LogP) is 3.40. The number of hydrogen-bond donors (Lipinski definition) is 1. The first kappa shape index (κ1) is 16.5. The van der Waals surface area contributed by atoms with Gasteiger partial charge in [-0.05, 0) is 48.6 Å². The monoisotopic (exact) mass is 326 g/mol. The van der Waals surface area contributed by atoms with Gasteiger partial charge in [0, 0.05) is 31.7 Å². The molecule has 1 unspecified atom stereocenters. The van der Waals surface area contributed by atoms with Crippen LogP contribution in [0.3, 0.4) is 0 Å². The normalized spacial score (nSPS) is 17.0. The molecule has 2 aromatic rings. The number of hydrogen-bond acceptors (Lipinski definition) is 2. The third-order valence-electron chi connectivity index (χ3n) is 4.55. The van der Waals surface area contributed by atoms with Crippen molar-refractivity contribution in [2.75, 3.05) is 24.5 Å². The number of nitrogens with zero attached hydrogens (tertiary/aromatic N) is 1. The molecule has 1 atom stereocenters. The fraction of sp³-hybridized carbons (Fsp3) is 0.350. The van der Waals surface area contributed by atoms with Crippen LogP contribution in [0.5, 0.6) is 0 Å². The third kappa shape index (κ3) is 4.57. The lowest BCUT2D eigenvalue weighted by Gasteiger charge is -2.18. The summed E-state index contributed by atoms with van der Waals surface area (Å²) in [6, 6.07) is 16.7. The van der Waals surface area contributed by atoms with Crippen molar-refractivity contribution < 1.29 is 9.18 Å². The number of amides is 1. The second-order valence-electron chi connectivity index (χ2n) is 6.37. The zero-order valence-corrected chi connectivity index (χ0v) is 13.7. The van der Waals surface area contributed by atoms with Crippen LogP contribution in [0.1, 0.15) is 18.4 Å². The van der Waals surface area contributed by atoms with Gasteiger partial charge in [0.05, 0.1) is 0 Å². The van der Waals surface area contributed by atoms with Crippen LogP contribution in [0.4, 0.5) is 10.1 Å². The van der Waals surface area contributed by atoms with E-state index in [-0.39, 0.29) is 11.7 Å². The van der Waals surface area contributed by atoms with Gasteiger partial charge in [-0.2, -0.15) is 0 Å². The first-order valence-electron chi connectivity index (χ1n) is 8.52. The van der Waals surface area contributed by atoms with Crippen LogP contribution < -0.4 is 10.2 Å². The number of rotatable bonds is 6. The fourth-order valence-corrected chi connectivity index (χ4v) is 3.13. The van der Waals surface area contributed by atoms with Crippen LogP contribution in [-0.4, -0.2) is 25.5 Å². The number of nitrogens with one attached hydrogen (secondary N) is 1. The molecule has 1 fully saturated rings. The van der Waals surface area contributed by atoms with Crippen LogP contribution in [0.25, 0.3) is 0 Å². The van der Waals surface area contributed by atoms with Gasteiger partial charge in [0.2, 0.25) is 5.91 Å². The van der Waals surface area contributed by atoms with Crippen molar-refractivity contribution in [3.8, 4) is 0 Å². The number of carbonyl (C=O) groups is 1. The number of benzene rings is 2. The highest BCUT2D eigenvalue weighted by Gasteiger charge is 2.23. The Morgan fingerprint density at radius 2 is 1.88 bits per heavy atom. The summed E-state index contributed by atoms with van der Waals surface area (Å²) in [5, 5.41) is 3.05. The van der Waals surface area contributed by atoms with Gasteiger partial charge in [-0.1, -0.05) is 30.3 Å². The topological polar surface area (TPSA) is 32.3 Å². The Balaban J connectivity index is 1.39. The molecule has 0 spiro atoms. The van der Waals surface area contributed by atoms with Gasteiger partial charge in [0.25, 0.3) is 0 Å². The van der Waals surface area contributed by atoms with Crippen LogP contribution in [0.15, 0.2) is 54.6 Å². The van der Waals surface area contributed by atoms with Crippen LogP contribution in [-0.2, 0) is 11.2 Å². The molecule has 1 N–H and O–H groups in total. The maximum absolute atomic E-state index is 13.0. The van der Waals surface area contributed by atoms with Crippen molar-refractivity contribution in [2.45, 2.75) is 19.3 Å². The molecule has 1 saturated heterocycles. The van der Waals surface area contributed by atoms with Gasteiger partial charge in [-0.25, -0.2) is 4.39 Å². The summed E-state index contributed by atoms with van der Waals surface area (Å²) in [4.78, 5) is 14.2. The van der Waals surface area contributed by atoms with E-state index in [1.807, 2.05) is 42.5 Å². The highest BCUT2D eigenvalue weighted by Crippen LogP contribution is 2.23. The van der Waals surface area contributed by atoms with Gasteiger partial charge in [0.15, 0.2) is 0 Å². The van der Waals surface area contributed by atoms with Gasteiger partial charge in [0.1, 0.15) is 5.82 Å². The Labute approximate surface area is 142 Å². The van der Waals surface area contributed by atoms with E-state index < -0.39 is 0 Å². The smallest absolute Gasteiger partial charge is 0.220 e. The zero-order chi connectivity index (χ0) is 16.8. The van der Waals surface area contributed by atoms with Crippen molar-refractivity contribution >= 4 is 11.6 Å². The molecule has 2 aromatic carbocycles. The maximum Gasteiger partial charge on any atom is 0.220 e. The lowest BCUT2D eigenvalue weighted by atomic mass is 10.1. The molecule has 3 nitrogen and oxygen atoms in total. The molecular formula is C20H23FN2O. The van der Waals surface area contributed by atoms with E-state index in [4.69, 9.17) is 0 Å². The molecular weight excluding hydrogens is 303 g/mol. The van der Waals surface area contributed by atoms with E-state index in [9.17, 15) is 9.18 Å². The Morgan fingerprint density at radius 1 is 1.12 bits per heavy atom. The van der Waals surface area contributed by atoms with Crippen molar-refractivity contribution in [2.24, 2.45) is 5.92 Å².